The Kier molecular flexibility index (Phi) is 3.71. The Hall–Kier alpha value is -1.29. The van der Waals surface area contributed by atoms with Crippen LogP contribution in [0.1, 0.15) is 18.5 Å². The number of methoxy groups -OCH3 is 2. The Morgan fingerprint density at radius 2 is 2.14 bits per heavy atom. The number of pyridine rings is 1. The lowest BCUT2D eigenvalue weighted by atomic mass is 10.1. The number of aromatic nitrogens is 1. The predicted molar refractivity (Wildman–Crippen MR) is 52.8 cm³/mol. The van der Waals surface area contributed by atoms with E-state index in [4.69, 9.17) is 14.6 Å². The van der Waals surface area contributed by atoms with Crippen LogP contribution in [0.5, 0.6) is 11.5 Å². The lowest BCUT2D eigenvalue weighted by Crippen LogP contribution is -2.05. The zero-order valence-electron chi connectivity index (χ0n) is 8.65. The average molecular weight is 197 g/mol. The minimum atomic E-state index is -0.0555. The standard InChI is InChI=1S/C10H15NO3/c1-7(6-12)9-10(14-3)8(13-2)4-5-11-9/h4-5,7,12H,6H2,1-3H3. The first-order valence-electron chi connectivity index (χ1n) is 4.42. The van der Waals surface area contributed by atoms with Crippen molar-refractivity contribution in [1.82, 2.24) is 4.98 Å². The summed E-state index contributed by atoms with van der Waals surface area (Å²) >= 11 is 0. The highest BCUT2D eigenvalue weighted by atomic mass is 16.5. The molecule has 0 saturated heterocycles. The molecule has 0 bridgehead atoms. The molecule has 14 heavy (non-hydrogen) atoms. The Bertz CT molecular complexity index is 301. The van der Waals surface area contributed by atoms with Crippen LogP contribution in [0.3, 0.4) is 0 Å². The van der Waals surface area contributed by atoms with Crippen LogP contribution in [-0.4, -0.2) is 30.9 Å². The molecule has 0 aromatic carbocycles. The minimum absolute atomic E-state index is 0.0382. The molecule has 1 heterocycles. The number of rotatable bonds is 4. The lowest BCUT2D eigenvalue weighted by molar-refractivity contribution is 0.265. The van der Waals surface area contributed by atoms with E-state index in [9.17, 15) is 0 Å². The highest BCUT2D eigenvalue weighted by molar-refractivity contribution is 5.43. The fraction of sp³-hybridized carbons (Fsp3) is 0.500. The maximum Gasteiger partial charge on any atom is 0.182 e. The van der Waals surface area contributed by atoms with Crippen molar-refractivity contribution in [2.24, 2.45) is 0 Å². The summed E-state index contributed by atoms with van der Waals surface area (Å²) in [4.78, 5) is 4.16. The third-order valence-corrected chi connectivity index (χ3v) is 2.06. The molecule has 0 fully saturated rings. The molecule has 1 unspecified atom stereocenters. The van der Waals surface area contributed by atoms with Crippen molar-refractivity contribution in [2.45, 2.75) is 12.8 Å². The van der Waals surface area contributed by atoms with E-state index in [1.165, 1.54) is 0 Å². The molecule has 0 aliphatic rings. The Labute approximate surface area is 83.5 Å². The highest BCUT2D eigenvalue weighted by Gasteiger charge is 2.15. The SMILES string of the molecule is COc1ccnc(C(C)CO)c1OC. The van der Waals surface area contributed by atoms with Crippen LogP contribution in [0.25, 0.3) is 0 Å². The summed E-state index contributed by atoms with van der Waals surface area (Å²) in [5.41, 5.74) is 0.717. The Morgan fingerprint density at radius 1 is 1.43 bits per heavy atom. The van der Waals surface area contributed by atoms with Crippen molar-refractivity contribution in [3.05, 3.63) is 18.0 Å². The molecule has 78 valence electrons. The van der Waals surface area contributed by atoms with E-state index >= 15 is 0 Å². The molecule has 1 atom stereocenters. The molecule has 0 radical (unpaired) electrons. The number of aliphatic hydroxyl groups is 1. The van der Waals surface area contributed by atoms with E-state index < -0.39 is 0 Å². The normalized spacial score (nSPS) is 12.3. The third kappa shape index (κ3) is 1.96. The van der Waals surface area contributed by atoms with Gasteiger partial charge in [-0.1, -0.05) is 6.92 Å². The quantitative estimate of drug-likeness (QED) is 0.787. The van der Waals surface area contributed by atoms with Gasteiger partial charge < -0.3 is 14.6 Å². The summed E-state index contributed by atoms with van der Waals surface area (Å²) in [6, 6.07) is 1.73. The monoisotopic (exact) mass is 197 g/mol. The first kappa shape index (κ1) is 10.8. The average Bonchev–Trinajstić information content (AvgIpc) is 2.26. The van der Waals surface area contributed by atoms with Gasteiger partial charge in [0.2, 0.25) is 0 Å². The molecule has 1 rings (SSSR count). The van der Waals surface area contributed by atoms with Crippen molar-refractivity contribution < 1.29 is 14.6 Å². The lowest BCUT2D eigenvalue weighted by Gasteiger charge is -2.14. The Balaban J connectivity index is 3.14. The summed E-state index contributed by atoms with van der Waals surface area (Å²) in [5.74, 6) is 1.18. The van der Waals surface area contributed by atoms with Gasteiger partial charge in [0.15, 0.2) is 11.5 Å². The van der Waals surface area contributed by atoms with Crippen LogP contribution in [0.2, 0.25) is 0 Å². The van der Waals surface area contributed by atoms with Crippen molar-refractivity contribution in [3.8, 4) is 11.5 Å². The molecular weight excluding hydrogens is 182 g/mol. The predicted octanol–water partition coefficient (Wildman–Crippen LogP) is 1.19. The largest absolute Gasteiger partial charge is 0.493 e. The molecule has 1 aromatic heterocycles. The van der Waals surface area contributed by atoms with Gasteiger partial charge in [0.25, 0.3) is 0 Å². The molecular formula is C10H15NO3. The number of hydrogen-bond donors (Lipinski definition) is 1. The van der Waals surface area contributed by atoms with Crippen LogP contribution >= 0.6 is 0 Å². The second kappa shape index (κ2) is 4.81. The highest BCUT2D eigenvalue weighted by Crippen LogP contribution is 2.33. The maximum atomic E-state index is 9.04. The summed E-state index contributed by atoms with van der Waals surface area (Å²) in [6.07, 6.45) is 1.64. The van der Waals surface area contributed by atoms with Crippen molar-refractivity contribution in [3.63, 3.8) is 0 Å². The van der Waals surface area contributed by atoms with Crippen molar-refractivity contribution >= 4 is 0 Å². The van der Waals surface area contributed by atoms with E-state index in [0.717, 1.165) is 0 Å². The zero-order valence-corrected chi connectivity index (χ0v) is 8.65. The number of nitrogens with zero attached hydrogens (tertiary/aromatic N) is 1. The van der Waals surface area contributed by atoms with Gasteiger partial charge in [-0.3, -0.25) is 4.98 Å². The van der Waals surface area contributed by atoms with E-state index in [0.29, 0.717) is 17.2 Å². The molecule has 0 spiro atoms. The smallest absolute Gasteiger partial charge is 0.182 e. The molecule has 0 aliphatic carbocycles. The van der Waals surface area contributed by atoms with Gasteiger partial charge in [-0.2, -0.15) is 0 Å². The first-order chi connectivity index (χ1) is 6.74. The van der Waals surface area contributed by atoms with Crippen molar-refractivity contribution in [2.75, 3.05) is 20.8 Å². The van der Waals surface area contributed by atoms with E-state index in [2.05, 4.69) is 4.98 Å². The van der Waals surface area contributed by atoms with Crippen LogP contribution in [0, 0.1) is 0 Å². The second-order valence-electron chi connectivity index (χ2n) is 3.02. The van der Waals surface area contributed by atoms with Crippen LogP contribution in [-0.2, 0) is 0 Å². The van der Waals surface area contributed by atoms with Crippen LogP contribution < -0.4 is 9.47 Å². The van der Waals surface area contributed by atoms with Gasteiger partial charge in [0.1, 0.15) is 0 Å². The Morgan fingerprint density at radius 3 is 2.64 bits per heavy atom. The maximum absolute atomic E-state index is 9.04. The molecule has 0 aliphatic heterocycles. The fourth-order valence-corrected chi connectivity index (χ4v) is 1.25. The summed E-state index contributed by atoms with van der Waals surface area (Å²) in [6.45, 7) is 1.92. The molecule has 1 aromatic rings. The number of aliphatic hydroxyl groups excluding tert-OH is 1. The molecule has 4 nitrogen and oxygen atoms in total. The van der Waals surface area contributed by atoms with Crippen LogP contribution in [0.4, 0.5) is 0 Å². The van der Waals surface area contributed by atoms with Gasteiger partial charge in [-0.15, -0.1) is 0 Å². The van der Waals surface area contributed by atoms with E-state index in [1.807, 2.05) is 6.92 Å². The van der Waals surface area contributed by atoms with E-state index in [1.54, 1.807) is 26.5 Å². The van der Waals surface area contributed by atoms with Gasteiger partial charge in [-0.05, 0) is 0 Å². The first-order valence-corrected chi connectivity index (χ1v) is 4.42. The molecule has 4 heteroatoms. The van der Waals surface area contributed by atoms with Crippen LogP contribution in [0.15, 0.2) is 12.3 Å². The van der Waals surface area contributed by atoms with Crippen molar-refractivity contribution in [1.29, 1.82) is 0 Å². The summed E-state index contributed by atoms with van der Waals surface area (Å²) in [5, 5.41) is 9.04. The zero-order chi connectivity index (χ0) is 10.6. The molecule has 0 amide bonds. The second-order valence-corrected chi connectivity index (χ2v) is 3.02. The number of ether oxygens (including phenoxy) is 2. The van der Waals surface area contributed by atoms with E-state index in [-0.39, 0.29) is 12.5 Å². The van der Waals surface area contributed by atoms with Gasteiger partial charge in [0, 0.05) is 18.2 Å². The minimum Gasteiger partial charge on any atom is -0.493 e. The summed E-state index contributed by atoms with van der Waals surface area (Å²) in [7, 11) is 3.14. The fourth-order valence-electron chi connectivity index (χ4n) is 1.25. The number of hydrogen-bond acceptors (Lipinski definition) is 4. The third-order valence-electron chi connectivity index (χ3n) is 2.06. The summed E-state index contributed by atoms with van der Waals surface area (Å²) < 4.78 is 10.3. The van der Waals surface area contributed by atoms with Gasteiger partial charge in [0.05, 0.1) is 26.5 Å². The molecule has 1 N–H and O–H groups in total. The van der Waals surface area contributed by atoms with Gasteiger partial charge in [-0.25, -0.2) is 0 Å². The topological polar surface area (TPSA) is 51.6 Å². The molecule has 0 saturated carbocycles. The van der Waals surface area contributed by atoms with Gasteiger partial charge >= 0.3 is 0 Å².